The Balaban J connectivity index is 2.43. The quantitative estimate of drug-likeness (QED) is 0.528. The molecule has 0 unspecified atom stereocenters. The van der Waals surface area contributed by atoms with Gasteiger partial charge in [-0.25, -0.2) is 0 Å². The number of hydrogen-bond donors (Lipinski definition) is 0. The summed E-state index contributed by atoms with van der Waals surface area (Å²) in [5.74, 6) is 0.789. The molecule has 0 radical (unpaired) electrons. The molecular weight excluding hydrogens is 286 g/mol. The number of nitrogens with zero attached hydrogens (tertiary/aromatic N) is 1. The maximum Gasteiger partial charge on any atom is 0.227 e. The zero-order chi connectivity index (χ0) is 16.6. The highest BCUT2D eigenvalue weighted by molar-refractivity contribution is 6.00. The van der Waals surface area contributed by atoms with Gasteiger partial charge in [-0.1, -0.05) is 36.9 Å². The van der Waals surface area contributed by atoms with Gasteiger partial charge >= 0.3 is 0 Å². The molecule has 3 rings (SSSR count). The molecule has 2 aromatic carbocycles. The lowest BCUT2D eigenvalue weighted by molar-refractivity contribution is -0.612. The first kappa shape index (κ1) is 15.1. The van der Waals surface area contributed by atoms with Gasteiger partial charge in [0.2, 0.25) is 5.69 Å². The number of aromatic nitrogens is 1. The molecule has 23 heavy (non-hydrogen) atoms. The summed E-state index contributed by atoms with van der Waals surface area (Å²) >= 11 is 0. The van der Waals surface area contributed by atoms with Gasteiger partial charge in [-0.05, 0) is 30.7 Å². The SMILES string of the molecule is C=C(C)c1c(-c2ccc(OC)cc2)c2ccccc2c(C)[n+]1[O-]. The van der Waals surface area contributed by atoms with Crippen LogP contribution in [0, 0.1) is 12.1 Å². The molecule has 0 fully saturated rings. The van der Waals surface area contributed by atoms with E-state index < -0.39 is 0 Å². The highest BCUT2D eigenvalue weighted by Crippen LogP contribution is 2.35. The number of benzene rings is 2. The van der Waals surface area contributed by atoms with E-state index in [2.05, 4.69) is 6.58 Å². The zero-order valence-electron chi connectivity index (χ0n) is 13.6. The van der Waals surface area contributed by atoms with Crippen molar-refractivity contribution < 1.29 is 9.47 Å². The molecule has 0 amide bonds. The summed E-state index contributed by atoms with van der Waals surface area (Å²) < 4.78 is 6.22. The van der Waals surface area contributed by atoms with E-state index in [-0.39, 0.29) is 0 Å². The van der Waals surface area contributed by atoms with E-state index in [1.807, 2.05) is 62.4 Å². The highest BCUT2D eigenvalue weighted by Gasteiger charge is 2.22. The average Bonchev–Trinajstić information content (AvgIpc) is 2.57. The van der Waals surface area contributed by atoms with Crippen molar-refractivity contribution in [3.05, 3.63) is 71.7 Å². The van der Waals surface area contributed by atoms with Gasteiger partial charge < -0.3 is 9.94 Å². The third-order valence-electron chi connectivity index (χ3n) is 4.11. The Kier molecular flexibility index (Phi) is 3.78. The Bertz CT molecular complexity index is 896. The molecule has 0 spiro atoms. The normalized spacial score (nSPS) is 10.7. The van der Waals surface area contributed by atoms with Crippen LogP contribution < -0.4 is 9.47 Å². The minimum Gasteiger partial charge on any atom is -0.618 e. The van der Waals surface area contributed by atoms with E-state index in [4.69, 9.17) is 4.74 Å². The minimum absolute atomic E-state index is 0.617. The number of aryl methyl sites for hydroxylation is 1. The predicted octanol–water partition coefficient (Wildman–Crippen LogP) is 4.49. The van der Waals surface area contributed by atoms with Crippen LogP contribution in [0.15, 0.2) is 55.1 Å². The van der Waals surface area contributed by atoms with Crippen LogP contribution >= 0.6 is 0 Å². The number of methoxy groups -OCH3 is 1. The van der Waals surface area contributed by atoms with Gasteiger partial charge in [0.1, 0.15) is 5.75 Å². The molecule has 0 aliphatic carbocycles. The number of allylic oxidation sites excluding steroid dienone is 1. The second-order valence-electron chi connectivity index (χ2n) is 5.66. The zero-order valence-corrected chi connectivity index (χ0v) is 13.6. The van der Waals surface area contributed by atoms with E-state index in [0.717, 1.165) is 38.0 Å². The minimum atomic E-state index is 0.617. The van der Waals surface area contributed by atoms with Crippen molar-refractivity contribution >= 4 is 16.3 Å². The molecule has 116 valence electrons. The molecule has 3 heteroatoms. The van der Waals surface area contributed by atoms with Gasteiger partial charge in [-0.15, -0.1) is 0 Å². The first-order valence-electron chi connectivity index (χ1n) is 7.49. The number of hydrogen-bond acceptors (Lipinski definition) is 2. The third-order valence-corrected chi connectivity index (χ3v) is 4.11. The topological polar surface area (TPSA) is 36.2 Å². The van der Waals surface area contributed by atoms with Crippen molar-refractivity contribution in [1.82, 2.24) is 0 Å². The van der Waals surface area contributed by atoms with Gasteiger partial charge in [-0.3, -0.25) is 0 Å². The molecule has 3 nitrogen and oxygen atoms in total. The summed E-state index contributed by atoms with van der Waals surface area (Å²) in [6, 6.07) is 15.7. The van der Waals surface area contributed by atoms with Crippen molar-refractivity contribution in [2.45, 2.75) is 13.8 Å². The Morgan fingerprint density at radius 3 is 2.22 bits per heavy atom. The fourth-order valence-electron chi connectivity index (χ4n) is 2.96. The lowest BCUT2D eigenvalue weighted by Crippen LogP contribution is -2.35. The summed E-state index contributed by atoms with van der Waals surface area (Å²) in [4.78, 5) is 0. The van der Waals surface area contributed by atoms with Crippen LogP contribution in [0.3, 0.4) is 0 Å². The van der Waals surface area contributed by atoms with Gasteiger partial charge in [0.15, 0.2) is 5.69 Å². The molecule has 0 bridgehead atoms. The second kappa shape index (κ2) is 5.76. The highest BCUT2D eigenvalue weighted by atomic mass is 16.5. The Hall–Kier alpha value is -2.81. The van der Waals surface area contributed by atoms with Crippen molar-refractivity contribution in [2.24, 2.45) is 0 Å². The van der Waals surface area contributed by atoms with E-state index in [9.17, 15) is 5.21 Å². The van der Waals surface area contributed by atoms with Crippen LogP contribution in [0.1, 0.15) is 18.3 Å². The molecule has 0 aliphatic rings. The summed E-state index contributed by atoms with van der Waals surface area (Å²) in [5, 5.41) is 14.8. The van der Waals surface area contributed by atoms with Gasteiger partial charge in [0, 0.05) is 17.9 Å². The van der Waals surface area contributed by atoms with Gasteiger partial charge in [-0.2, -0.15) is 4.73 Å². The number of ether oxygens (including phenoxy) is 1. The Morgan fingerprint density at radius 1 is 1.04 bits per heavy atom. The maximum atomic E-state index is 12.8. The van der Waals surface area contributed by atoms with Crippen LogP contribution in [0.2, 0.25) is 0 Å². The lowest BCUT2D eigenvalue weighted by atomic mass is 9.93. The smallest absolute Gasteiger partial charge is 0.227 e. The predicted molar refractivity (Wildman–Crippen MR) is 94.3 cm³/mol. The number of pyridine rings is 1. The van der Waals surface area contributed by atoms with Crippen molar-refractivity contribution in [2.75, 3.05) is 7.11 Å². The summed E-state index contributed by atoms with van der Waals surface area (Å²) in [6.45, 7) is 7.72. The molecule has 1 heterocycles. The molecule has 1 aromatic heterocycles. The van der Waals surface area contributed by atoms with Crippen LogP contribution in [0.25, 0.3) is 27.5 Å². The Labute approximate surface area is 136 Å². The van der Waals surface area contributed by atoms with E-state index in [1.54, 1.807) is 7.11 Å². The summed E-state index contributed by atoms with van der Waals surface area (Å²) in [5.41, 5.74) is 3.95. The summed E-state index contributed by atoms with van der Waals surface area (Å²) in [7, 11) is 1.64. The molecular formula is C20H19NO2. The molecule has 3 aromatic rings. The van der Waals surface area contributed by atoms with E-state index >= 15 is 0 Å². The van der Waals surface area contributed by atoms with E-state index in [0.29, 0.717) is 11.4 Å². The number of rotatable bonds is 3. The van der Waals surface area contributed by atoms with Crippen LogP contribution in [0.5, 0.6) is 5.75 Å². The standard InChI is InChI=1S/C20H19NO2/c1-13(2)20-19(15-9-11-16(23-4)12-10-15)18-8-6-5-7-17(18)14(3)21(20)22/h5-12H,1H2,2-4H3. The fraction of sp³-hybridized carbons (Fsp3) is 0.150. The largest absolute Gasteiger partial charge is 0.618 e. The average molecular weight is 305 g/mol. The Morgan fingerprint density at radius 2 is 1.65 bits per heavy atom. The molecule has 0 saturated heterocycles. The van der Waals surface area contributed by atoms with E-state index in [1.165, 1.54) is 0 Å². The van der Waals surface area contributed by atoms with Crippen LogP contribution in [-0.2, 0) is 0 Å². The maximum absolute atomic E-state index is 12.8. The van der Waals surface area contributed by atoms with Crippen molar-refractivity contribution in [1.29, 1.82) is 0 Å². The third kappa shape index (κ3) is 2.44. The molecule has 0 aliphatic heterocycles. The molecule has 0 N–H and O–H groups in total. The van der Waals surface area contributed by atoms with Crippen LogP contribution in [0.4, 0.5) is 0 Å². The van der Waals surface area contributed by atoms with Gasteiger partial charge in [0.05, 0.1) is 18.1 Å². The fourth-order valence-corrected chi connectivity index (χ4v) is 2.96. The first-order valence-corrected chi connectivity index (χ1v) is 7.49. The first-order chi connectivity index (χ1) is 11.0. The van der Waals surface area contributed by atoms with Gasteiger partial charge in [0.25, 0.3) is 0 Å². The van der Waals surface area contributed by atoms with Crippen molar-refractivity contribution in [3.8, 4) is 16.9 Å². The summed E-state index contributed by atoms with van der Waals surface area (Å²) in [6.07, 6.45) is 0. The monoisotopic (exact) mass is 305 g/mol. The number of fused-ring (bicyclic) bond motifs is 1. The molecule has 0 saturated carbocycles. The van der Waals surface area contributed by atoms with Crippen LogP contribution in [-0.4, -0.2) is 7.11 Å². The molecule has 0 atom stereocenters. The lowest BCUT2D eigenvalue weighted by Gasteiger charge is -2.16. The second-order valence-corrected chi connectivity index (χ2v) is 5.66. The van der Waals surface area contributed by atoms with Crippen molar-refractivity contribution in [3.63, 3.8) is 0 Å².